The maximum Gasteiger partial charge on any atom is 0.0698 e. The average Bonchev–Trinajstić information content (AvgIpc) is 2.21. The molecule has 86 valence electrons. The van der Waals surface area contributed by atoms with E-state index in [2.05, 4.69) is 5.32 Å². The molecule has 0 aliphatic rings. The lowest BCUT2D eigenvalue weighted by atomic mass is 10.2. The van der Waals surface area contributed by atoms with Crippen LogP contribution in [0.25, 0.3) is 0 Å². The number of aliphatic hydroxyl groups excluding tert-OH is 1. The predicted molar refractivity (Wildman–Crippen MR) is 56.5 cm³/mol. The molecule has 4 heteroatoms. The number of hydrogen-bond acceptors (Lipinski definition) is 4. The number of unbranched alkanes of at least 4 members (excludes halogenated alkanes) is 2. The Morgan fingerprint density at radius 1 is 1.00 bits per heavy atom. The van der Waals surface area contributed by atoms with E-state index in [0.29, 0.717) is 13.2 Å². The molecule has 0 rings (SSSR count). The third-order valence-electron chi connectivity index (χ3n) is 1.86. The smallest absolute Gasteiger partial charge is 0.0698 e. The quantitative estimate of drug-likeness (QED) is 0.479. The van der Waals surface area contributed by atoms with Gasteiger partial charge in [-0.15, -0.1) is 0 Å². The Labute approximate surface area is 86.6 Å². The Kier molecular flexibility index (Phi) is 12.7. The SMILES string of the molecule is COCCCCCNCCOCCO. The zero-order valence-corrected chi connectivity index (χ0v) is 9.13. The summed E-state index contributed by atoms with van der Waals surface area (Å²) in [7, 11) is 1.73. The first-order chi connectivity index (χ1) is 6.91. The van der Waals surface area contributed by atoms with E-state index in [0.717, 1.165) is 26.1 Å². The van der Waals surface area contributed by atoms with Gasteiger partial charge in [-0.1, -0.05) is 0 Å². The molecule has 0 bridgehead atoms. The molecule has 0 saturated carbocycles. The van der Waals surface area contributed by atoms with Gasteiger partial charge in [-0.25, -0.2) is 0 Å². The van der Waals surface area contributed by atoms with Crippen LogP contribution in [0.5, 0.6) is 0 Å². The van der Waals surface area contributed by atoms with Crippen molar-refractivity contribution in [1.29, 1.82) is 0 Å². The number of nitrogens with one attached hydrogen (secondary N) is 1. The molecule has 0 aliphatic carbocycles. The van der Waals surface area contributed by atoms with Gasteiger partial charge in [0.1, 0.15) is 0 Å². The van der Waals surface area contributed by atoms with Crippen molar-refractivity contribution in [2.75, 3.05) is 46.6 Å². The molecule has 0 aromatic heterocycles. The van der Waals surface area contributed by atoms with E-state index >= 15 is 0 Å². The minimum Gasteiger partial charge on any atom is -0.394 e. The van der Waals surface area contributed by atoms with Gasteiger partial charge < -0.3 is 19.9 Å². The molecule has 2 N–H and O–H groups in total. The molecule has 0 amide bonds. The van der Waals surface area contributed by atoms with Crippen LogP contribution in [0.3, 0.4) is 0 Å². The van der Waals surface area contributed by atoms with E-state index in [9.17, 15) is 0 Å². The summed E-state index contributed by atoms with van der Waals surface area (Å²) in [6.45, 7) is 3.99. The Morgan fingerprint density at radius 3 is 2.57 bits per heavy atom. The van der Waals surface area contributed by atoms with Crippen molar-refractivity contribution < 1.29 is 14.6 Å². The molecule has 0 saturated heterocycles. The van der Waals surface area contributed by atoms with Crippen molar-refractivity contribution in [1.82, 2.24) is 5.32 Å². The number of methoxy groups -OCH3 is 1. The van der Waals surface area contributed by atoms with Gasteiger partial charge in [0.25, 0.3) is 0 Å². The molecule has 14 heavy (non-hydrogen) atoms. The van der Waals surface area contributed by atoms with Crippen LogP contribution in [-0.4, -0.2) is 51.7 Å². The molecule has 0 aliphatic heterocycles. The molecule has 4 nitrogen and oxygen atoms in total. The van der Waals surface area contributed by atoms with Crippen molar-refractivity contribution in [3.63, 3.8) is 0 Å². The van der Waals surface area contributed by atoms with Gasteiger partial charge in [0, 0.05) is 20.3 Å². The highest BCUT2D eigenvalue weighted by Gasteiger charge is 1.90. The molecule has 0 unspecified atom stereocenters. The zero-order valence-electron chi connectivity index (χ0n) is 9.13. The number of aliphatic hydroxyl groups is 1. The molecule has 0 atom stereocenters. The average molecular weight is 205 g/mol. The first-order valence-corrected chi connectivity index (χ1v) is 5.30. The lowest BCUT2D eigenvalue weighted by Crippen LogP contribution is -2.21. The van der Waals surface area contributed by atoms with Crippen molar-refractivity contribution in [3.8, 4) is 0 Å². The van der Waals surface area contributed by atoms with Gasteiger partial charge in [-0.3, -0.25) is 0 Å². The Bertz CT molecular complexity index is 89.4. The van der Waals surface area contributed by atoms with Crippen LogP contribution >= 0.6 is 0 Å². The van der Waals surface area contributed by atoms with E-state index in [1.807, 2.05) is 0 Å². The van der Waals surface area contributed by atoms with E-state index in [1.54, 1.807) is 7.11 Å². The highest BCUT2D eigenvalue weighted by atomic mass is 16.5. The summed E-state index contributed by atoms with van der Waals surface area (Å²) in [5.41, 5.74) is 0. The molecule has 0 spiro atoms. The van der Waals surface area contributed by atoms with Crippen molar-refractivity contribution in [2.24, 2.45) is 0 Å². The molecular weight excluding hydrogens is 182 g/mol. The lowest BCUT2D eigenvalue weighted by molar-refractivity contribution is 0.0939. The van der Waals surface area contributed by atoms with Gasteiger partial charge in [0.2, 0.25) is 0 Å². The zero-order chi connectivity index (χ0) is 10.5. The second-order valence-corrected chi connectivity index (χ2v) is 3.14. The number of hydrogen-bond donors (Lipinski definition) is 2. The summed E-state index contributed by atoms with van der Waals surface area (Å²) in [4.78, 5) is 0. The maximum absolute atomic E-state index is 8.43. The van der Waals surface area contributed by atoms with Crippen LogP contribution in [0.1, 0.15) is 19.3 Å². The van der Waals surface area contributed by atoms with Crippen LogP contribution in [0, 0.1) is 0 Å². The Hall–Kier alpha value is -0.160. The predicted octanol–water partition coefficient (Wildman–Crippen LogP) is 0.402. The van der Waals surface area contributed by atoms with Gasteiger partial charge in [0.05, 0.1) is 19.8 Å². The topological polar surface area (TPSA) is 50.7 Å². The first-order valence-electron chi connectivity index (χ1n) is 5.30. The van der Waals surface area contributed by atoms with Gasteiger partial charge in [-0.2, -0.15) is 0 Å². The van der Waals surface area contributed by atoms with Crippen LogP contribution in [-0.2, 0) is 9.47 Å². The minimum atomic E-state index is 0.108. The molecule has 0 radical (unpaired) electrons. The van der Waals surface area contributed by atoms with E-state index in [-0.39, 0.29) is 6.61 Å². The van der Waals surface area contributed by atoms with Gasteiger partial charge in [-0.05, 0) is 25.8 Å². The highest BCUT2D eigenvalue weighted by Crippen LogP contribution is 1.93. The van der Waals surface area contributed by atoms with E-state index in [4.69, 9.17) is 14.6 Å². The highest BCUT2D eigenvalue weighted by molar-refractivity contribution is 4.48. The monoisotopic (exact) mass is 205 g/mol. The van der Waals surface area contributed by atoms with Crippen molar-refractivity contribution >= 4 is 0 Å². The third-order valence-corrected chi connectivity index (χ3v) is 1.86. The van der Waals surface area contributed by atoms with E-state index in [1.165, 1.54) is 12.8 Å². The van der Waals surface area contributed by atoms with Crippen molar-refractivity contribution in [2.45, 2.75) is 19.3 Å². The fourth-order valence-corrected chi connectivity index (χ4v) is 1.11. The molecule has 0 fully saturated rings. The summed E-state index contributed by atoms with van der Waals surface area (Å²) in [5.74, 6) is 0. The summed E-state index contributed by atoms with van der Waals surface area (Å²) < 4.78 is 10.0. The third kappa shape index (κ3) is 11.8. The first kappa shape index (κ1) is 13.8. The summed E-state index contributed by atoms with van der Waals surface area (Å²) in [5, 5.41) is 11.7. The van der Waals surface area contributed by atoms with Crippen LogP contribution in [0.4, 0.5) is 0 Å². The molecule has 0 aromatic rings. The number of rotatable bonds is 11. The maximum atomic E-state index is 8.43. The standard InChI is InChI=1S/C10H23NO3/c1-13-8-4-2-3-5-11-6-9-14-10-7-12/h11-12H,2-10H2,1H3. The summed E-state index contributed by atoms with van der Waals surface area (Å²) in [6, 6.07) is 0. The minimum absolute atomic E-state index is 0.108. The fraction of sp³-hybridized carbons (Fsp3) is 1.00. The van der Waals surface area contributed by atoms with Gasteiger partial charge in [0.15, 0.2) is 0 Å². The normalized spacial score (nSPS) is 10.7. The van der Waals surface area contributed by atoms with Crippen molar-refractivity contribution in [3.05, 3.63) is 0 Å². The summed E-state index contributed by atoms with van der Waals surface area (Å²) in [6.07, 6.45) is 3.53. The largest absolute Gasteiger partial charge is 0.394 e. The second-order valence-electron chi connectivity index (χ2n) is 3.14. The molecular formula is C10H23NO3. The van der Waals surface area contributed by atoms with Crippen LogP contribution < -0.4 is 5.32 Å². The van der Waals surface area contributed by atoms with Crippen LogP contribution in [0.15, 0.2) is 0 Å². The number of ether oxygens (including phenoxy) is 2. The fourth-order valence-electron chi connectivity index (χ4n) is 1.11. The summed E-state index contributed by atoms with van der Waals surface area (Å²) >= 11 is 0. The Morgan fingerprint density at radius 2 is 1.86 bits per heavy atom. The van der Waals surface area contributed by atoms with Crippen LogP contribution in [0.2, 0.25) is 0 Å². The lowest BCUT2D eigenvalue weighted by Gasteiger charge is -2.04. The molecule has 0 heterocycles. The van der Waals surface area contributed by atoms with Gasteiger partial charge >= 0.3 is 0 Å². The Balaban J connectivity index is 2.78. The second kappa shape index (κ2) is 12.8. The van der Waals surface area contributed by atoms with E-state index < -0.39 is 0 Å². The molecule has 0 aromatic carbocycles.